The number of pyridine rings is 2. The van der Waals surface area contributed by atoms with Crippen LogP contribution in [0.3, 0.4) is 0 Å². The Morgan fingerprint density at radius 3 is 2.61 bits per heavy atom. The Morgan fingerprint density at radius 1 is 1.00 bits per heavy atom. The molecular formula is C23H26N6OS. The van der Waals surface area contributed by atoms with Crippen molar-refractivity contribution in [2.75, 3.05) is 39.4 Å². The Balaban J connectivity index is 1.49. The number of nitrogens with zero attached hydrogens (tertiary/aromatic N) is 5. The quantitative estimate of drug-likeness (QED) is 0.599. The molecule has 0 spiro atoms. The molecule has 8 heteroatoms. The number of thiocarbonyl (C=S) groups is 1. The van der Waals surface area contributed by atoms with Crippen molar-refractivity contribution in [2.45, 2.75) is 12.1 Å². The number of nitrogens with one attached hydrogen (secondary N) is 1. The molecular weight excluding hydrogens is 408 g/mol. The summed E-state index contributed by atoms with van der Waals surface area (Å²) in [5, 5.41) is 4.33. The van der Waals surface area contributed by atoms with Gasteiger partial charge in [0.1, 0.15) is 0 Å². The van der Waals surface area contributed by atoms with Crippen LogP contribution in [0.25, 0.3) is 5.69 Å². The van der Waals surface area contributed by atoms with Gasteiger partial charge in [0.2, 0.25) is 0 Å². The van der Waals surface area contributed by atoms with Crippen LogP contribution in [0.5, 0.6) is 0 Å². The van der Waals surface area contributed by atoms with Crippen molar-refractivity contribution in [1.29, 1.82) is 0 Å². The van der Waals surface area contributed by atoms with Gasteiger partial charge in [-0.3, -0.25) is 14.9 Å². The van der Waals surface area contributed by atoms with Crippen molar-refractivity contribution in [3.05, 3.63) is 78.6 Å². The Hall–Kier alpha value is -2.81. The summed E-state index contributed by atoms with van der Waals surface area (Å²) in [7, 11) is 0. The van der Waals surface area contributed by atoms with Gasteiger partial charge >= 0.3 is 0 Å². The molecule has 0 aliphatic carbocycles. The summed E-state index contributed by atoms with van der Waals surface area (Å²) in [5.41, 5.74) is 3.25. The fraction of sp³-hybridized carbons (Fsp3) is 0.348. The van der Waals surface area contributed by atoms with E-state index in [9.17, 15) is 0 Å². The molecule has 31 heavy (non-hydrogen) atoms. The zero-order valence-electron chi connectivity index (χ0n) is 17.3. The number of hydrogen-bond donors (Lipinski definition) is 1. The second-order valence-electron chi connectivity index (χ2n) is 7.78. The molecule has 1 N–H and O–H groups in total. The van der Waals surface area contributed by atoms with Gasteiger partial charge in [0.25, 0.3) is 0 Å². The highest BCUT2D eigenvalue weighted by Gasteiger charge is 2.41. The molecule has 0 radical (unpaired) electrons. The van der Waals surface area contributed by atoms with Gasteiger partial charge in [-0.25, -0.2) is 0 Å². The topological polar surface area (TPSA) is 58.5 Å². The summed E-state index contributed by atoms with van der Waals surface area (Å²) in [6, 6.07) is 14.4. The number of ether oxygens (including phenoxy) is 1. The molecule has 0 amide bonds. The normalized spacial score (nSPS) is 21.9. The van der Waals surface area contributed by atoms with Crippen molar-refractivity contribution in [2.24, 2.45) is 0 Å². The maximum absolute atomic E-state index is 5.82. The van der Waals surface area contributed by atoms with E-state index in [-0.39, 0.29) is 12.1 Å². The summed E-state index contributed by atoms with van der Waals surface area (Å²) in [6.07, 6.45) is 7.59. The summed E-state index contributed by atoms with van der Waals surface area (Å²) < 4.78 is 7.72. The molecule has 2 atom stereocenters. The predicted molar refractivity (Wildman–Crippen MR) is 123 cm³/mol. The monoisotopic (exact) mass is 434 g/mol. The van der Waals surface area contributed by atoms with Crippen LogP contribution in [0.2, 0.25) is 0 Å². The van der Waals surface area contributed by atoms with Gasteiger partial charge in [-0.15, -0.1) is 0 Å². The Kier molecular flexibility index (Phi) is 5.93. The van der Waals surface area contributed by atoms with Crippen LogP contribution >= 0.6 is 12.2 Å². The maximum atomic E-state index is 5.82. The van der Waals surface area contributed by atoms with Gasteiger partial charge < -0.3 is 19.5 Å². The van der Waals surface area contributed by atoms with E-state index >= 15 is 0 Å². The first kappa shape index (κ1) is 20.1. The average molecular weight is 435 g/mol. The van der Waals surface area contributed by atoms with E-state index in [1.54, 1.807) is 0 Å². The smallest absolute Gasteiger partial charge is 0.170 e. The van der Waals surface area contributed by atoms with Crippen molar-refractivity contribution >= 4 is 17.3 Å². The number of rotatable bonds is 6. The molecule has 3 aromatic rings. The van der Waals surface area contributed by atoms with E-state index in [4.69, 9.17) is 17.0 Å². The average Bonchev–Trinajstić information content (AvgIpc) is 3.44. The second-order valence-corrected chi connectivity index (χ2v) is 8.17. The highest BCUT2D eigenvalue weighted by Crippen LogP contribution is 2.39. The number of hydrogen-bond acceptors (Lipinski definition) is 5. The van der Waals surface area contributed by atoms with Crippen molar-refractivity contribution in [1.82, 2.24) is 29.7 Å². The van der Waals surface area contributed by atoms with Crippen LogP contribution in [-0.2, 0) is 4.74 Å². The largest absolute Gasteiger partial charge is 0.379 e. The Labute approximate surface area is 187 Å². The van der Waals surface area contributed by atoms with Crippen LogP contribution in [0.1, 0.15) is 23.5 Å². The minimum atomic E-state index is -0.0196. The summed E-state index contributed by atoms with van der Waals surface area (Å²) in [5.74, 6) is 0. The van der Waals surface area contributed by atoms with Crippen molar-refractivity contribution in [3.8, 4) is 5.69 Å². The van der Waals surface area contributed by atoms with Gasteiger partial charge in [-0.1, -0.05) is 6.07 Å². The fourth-order valence-corrected chi connectivity index (χ4v) is 4.75. The lowest BCUT2D eigenvalue weighted by molar-refractivity contribution is 0.0349. The molecule has 2 saturated heterocycles. The van der Waals surface area contributed by atoms with Gasteiger partial charge in [0.05, 0.1) is 31.0 Å². The fourth-order valence-electron chi connectivity index (χ4n) is 4.42. The van der Waals surface area contributed by atoms with E-state index in [1.807, 2.05) is 42.9 Å². The van der Waals surface area contributed by atoms with Crippen molar-refractivity contribution < 1.29 is 4.74 Å². The molecule has 2 fully saturated rings. The molecule has 0 unspecified atom stereocenters. The standard InChI is InChI=1S/C23H26N6OS/c31-23-26-21(19-4-1-2-8-25-19)22(29(23)13-12-27-14-16-30-17-15-27)20-5-3-11-28(20)18-6-9-24-10-7-18/h1-11,21-22H,12-17H2,(H,26,31)/t21-,22+/m0/s1. The second kappa shape index (κ2) is 9.13. The third-order valence-electron chi connectivity index (χ3n) is 5.98. The Bertz CT molecular complexity index is 1010. The number of morpholine rings is 1. The molecule has 0 aromatic carbocycles. The third kappa shape index (κ3) is 4.19. The van der Waals surface area contributed by atoms with Gasteiger partial charge in [0.15, 0.2) is 5.11 Å². The first-order valence-corrected chi connectivity index (χ1v) is 11.1. The first-order valence-electron chi connectivity index (χ1n) is 10.7. The van der Waals surface area contributed by atoms with E-state index in [1.165, 1.54) is 5.69 Å². The van der Waals surface area contributed by atoms with Gasteiger partial charge in [0, 0.05) is 62.3 Å². The summed E-state index contributed by atoms with van der Waals surface area (Å²) in [4.78, 5) is 13.6. The Morgan fingerprint density at radius 2 is 1.84 bits per heavy atom. The molecule has 0 saturated carbocycles. The van der Waals surface area contributed by atoms with E-state index in [2.05, 4.69) is 54.0 Å². The molecule has 5 rings (SSSR count). The highest BCUT2D eigenvalue weighted by molar-refractivity contribution is 7.80. The zero-order valence-corrected chi connectivity index (χ0v) is 18.1. The molecule has 160 valence electrons. The van der Waals surface area contributed by atoms with Crippen LogP contribution in [0.15, 0.2) is 67.3 Å². The van der Waals surface area contributed by atoms with Gasteiger partial charge in [-0.05, 0) is 48.6 Å². The SMILES string of the molecule is S=C1N[C@@H](c2ccccn2)[C@@H](c2cccn2-c2ccncc2)N1CCN1CCOCC1. The first-order chi connectivity index (χ1) is 15.3. The lowest BCUT2D eigenvalue weighted by atomic mass is 10.0. The molecule has 7 nitrogen and oxygen atoms in total. The highest BCUT2D eigenvalue weighted by atomic mass is 32.1. The number of aromatic nitrogens is 3. The predicted octanol–water partition coefficient (Wildman–Crippen LogP) is 2.57. The summed E-state index contributed by atoms with van der Waals surface area (Å²) in [6.45, 7) is 5.33. The van der Waals surface area contributed by atoms with E-state index in [0.29, 0.717) is 0 Å². The summed E-state index contributed by atoms with van der Waals surface area (Å²) >= 11 is 5.82. The maximum Gasteiger partial charge on any atom is 0.170 e. The zero-order chi connectivity index (χ0) is 21.0. The minimum Gasteiger partial charge on any atom is -0.379 e. The molecule has 5 heterocycles. The molecule has 2 aliphatic heterocycles. The van der Waals surface area contributed by atoms with Crippen LogP contribution < -0.4 is 5.32 Å². The lowest BCUT2D eigenvalue weighted by Crippen LogP contribution is -2.42. The molecule has 2 aliphatic rings. The van der Waals surface area contributed by atoms with Crippen molar-refractivity contribution in [3.63, 3.8) is 0 Å². The van der Waals surface area contributed by atoms with Crippen LogP contribution in [0, 0.1) is 0 Å². The molecule has 3 aromatic heterocycles. The van der Waals surface area contributed by atoms with Crippen LogP contribution in [-0.4, -0.2) is 68.8 Å². The van der Waals surface area contributed by atoms with E-state index < -0.39 is 0 Å². The minimum absolute atomic E-state index is 0.0196. The lowest BCUT2D eigenvalue weighted by Gasteiger charge is -2.32. The van der Waals surface area contributed by atoms with Gasteiger partial charge in [-0.2, -0.15) is 0 Å². The van der Waals surface area contributed by atoms with E-state index in [0.717, 1.165) is 55.9 Å². The van der Waals surface area contributed by atoms with Crippen LogP contribution in [0.4, 0.5) is 0 Å². The molecule has 0 bridgehead atoms. The third-order valence-corrected chi connectivity index (χ3v) is 6.34.